The van der Waals surface area contributed by atoms with Gasteiger partial charge in [-0.3, -0.25) is 4.79 Å². The number of halogens is 1. The first-order chi connectivity index (χ1) is 6.50. The maximum Gasteiger partial charge on any atom is 0.707 e. The second-order valence-electron chi connectivity index (χ2n) is 2.64. The molecule has 0 radical (unpaired) electrons. The molecule has 1 rings (SSSR count). The van der Waals surface area contributed by atoms with Crippen LogP contribution >= 0.6 is 0 Å². The zero-order valence-corrected chi connectivity index (χ0v) is 7.40. The molecule has 74 valence electrons. The van der Waals surface area contributed by atoms with E-state index in [9.17, 15) is 9.18 Å². The molecule has 4 nitrogen and oxygen atoms in total. The summed E-state index contributed by atoms with van der Waals surface area (Å²) in [7, 11) is -2.00. The number of hydrogen-bond donors (Lipinski definition) is 2. The van der Waals surface area contributed by atoms with Gasteiger partial charge >= 0.3 is 7.32 Å². The molecule has 0 saturated heterocycles. The van der Waals surface area contributed by atoms with Crippen molar-refractivity contribution >= 4 is 13.1 Å². The van der Waals surface area contributed by atoms with Crippen molar-refractivity contribution in [3.05, 3.63) is 29.6 Å². The third-order valence-electron chi connectivity index (χ3n) is 1.56. The third kappa shape index (κ3) is 2.55. The lowest BCUT2D eigenvalue weighted by Gasteiger charge is -2.05. The molecule has 0 saturated carbocycles. The predicted octanol–water partition coefficient (Wildman–Crippen LogP) is 0.377. The first-order valence-electron chi connectivity index (χ1n) is 3.84. The maximum absolute atomic E-state index is 13.1. The Bertz CT molecular complexity index is 353. The highest BCUT2D eigenvalue weighted by atomic mass is 19.1. The Balaban J connectivity index is 2.94. The molecule has 6 heteroatoms. The van der Waals surface area contributed by atoms with Crippen molar-refractivity contribution < 1.29 is 23.9 Å². The molecule has 1 aromatic rings. The minimum Gasteiger partial charge on any atom is -0.512 e. The highest BCUT2D eigenvalue weighted by Crippen LogP contribution is 2.17. The molecule has 14 heavy (non-hydrogen) atoms. The number of rotatable bonds is 3. The molecule has 0 aliphatic heterocycles. The van der Waals surface area contributed by atoms with Crippen LogP contribution in [0.25, 0.3) is 0 Å². The minimum absolute atomic E-state index is 0.0532. The van der Waals surface area contributed by atoms with Crippen LogP contribution in [0.1, 0.15) is 17.3 Å². The summed E-state index contributed by atoms with van der Waals surface area (Å²) in [6.45, 7) is 1.24. The van der Waals surface area contributed by atoms with Crippen molar-refractivity contribution in [2.75, 3.05) is 0 Å². The molecule has 0 aromatic heterocycles. The van der Waals surface area contributed by atoms with E-state index in [1.165, 1.54) is 19.1 Å². The Morgan fingerprint density at radius 2 is 2.14 bits per heavy atom. The topological polar surface area (TPSA) is 66.8 Å². The Hall–Kier alpha value is -1.40. The second-order valence-corrected chi connectivity index (χ2v) is 2.64. The first kappa shape index (κ1) is 10.7. The van der Waals surface area contributed by atoms with Gasteiger partial charge in [0, 0.05) is 6.07 Å². The summed E-state index contributed by atoms with van der Waals surface area (Å²) in [6, 6.07) is 3.41. The van der Waals surface area contributed by atoms with E-state index in [2.05, 4.69) is 4.65 Å². The largest absolute Gasteiger partial charge is 0.707 e. The Morgan fingerprint density at radius 1 is 1.50 bits per heavy atom. The molecule has 1 aromatic carbocycles. The van der Waals surface area contributed by atoms with Crippen LogP contribution < -0.4 is 4.65 Å². The van der Waals surface area contributed by atoms with Crippen molar-refractivity contribution in [3.63, 3.8) is 0 Å². The van der Waals surface area contributed by atoms with Crippen LogP contribution in [0, 0.1) is 5.82 Å². The van der Waals surface area contributed by atoms with E-state index in [-0.39, 0.29) is 11.3 Å². The highest BCUT2D eigenvalue weighted by molar-refractivity contribution is 6.33. The summed E-state index contributed by atoms with van der Waals surface area (Å²) in [4.78, 5) is 10.8. The van der Waals surface area contributed by atoms with Gasteiger partial charge in [-0.25, -0.2) is 4.39 Å². The number of Topliss-reactive ketones (excluding diaryl/α,β-unsaturated/α-hetero) is 1. The first-order valence-corrected chi connectivity index (χ1v) is 3.84. The van der Waals surface area contributed by atoms with Crippen LogP contribution in [0.3, 0.4) is 0 Å². The normalized spacial score (nSPS) is 9.71. The molecular formula is C8H8BFO4. The smallest absolute Gasteiger partial charge is 0.512 e. The van der Waals surface area contributed by atoms with Crippen molar-refractivity contribution in [1.82, 2.24) is 0 Å². The van der Waals surface area contributed by atoms with Gasteiger partial charge in [-0.15, -0.1) is 0 Å². The number of carbonyl (C=O) groups is 1. The Morgan fingerprint density at radius 3 is 2.57 bits per heavy atom. The molecule has 0 bridgehead atoms. The molecule has 0 spiro atoms. The molecule has 0 aliphatic carbocycles. The third-order valence-corrected chi connectivity index (χ3v) is 1.56. The fourth-order valence-corrected chi connectivity index (χ4v) is 0.976. The van der Waals surface area contributed by atoms with Crippen LogP contribution in [0.5, 0.6) is 5.75 Å². The Labute approximate surface area is 80.1 Å². The fraction of sp³-hybridized carbons (Fsp3) is 0.125. The monoisotopic (exact) mass is 198 g/mol. The van der Waals surface area contributed by atoms with Gasteiger partial charge in [0.25, 0.3) is 0 Å². The van der Waals surface area contributed by atoms with E-state index < -0.39 is 18.9 Å². The molecule has 0 amide bonds. The van der Waals surface area contributed by atoms with Crippen LogP contribution in [0.15, 0.2) is 18.2 Å². The lowest BCUT2D eigenvalue weighted by Crippen LogP contribution is -2.20. The summed E-state index contributed by atoms with van der Waals surface area (Å²) in [6.07, 6.45) is 0. The van der Waals surface area contributed by atoms with E-state index in [4.69, 9.17) is 10.0 Å². The number of ketones is 1. The van der Waals surface area contributed by atoms with Crippen molar-refractivity contribution in [2.24, 2.45) is 0 Å². The molecular weight excluding hydrogens is 190 g/mol. The summed E-state index contributed by atoms with van der Waals surface area (Å²) >= 11 is 0. The van der Waals surface area contributed by atoms with E-state index in [0.29, 0.717) is 0 Å². The number of benzene rings is 1. The molecule has 0 atom stereocenters. The average Bonchev–Trinajstić information content (AvgIpc) is 2.01. The molecule has 0 aliphatic rings. The maximum atomic E-state index is 13.1. The zero-order chi connectivity index (χ0) is 10.7. The van der Waals surface area contributed by atoms with Gasteiger partial charge in [-0.2, -0.15) is 0 Å². The molecule has 0 heterocycles. The average molecular weight is 198 g/mol. The molecule has 2 N–H and O–H groups in total. The minimum atomic E-state index is -2.00. The Kier molecular flexibility index (Phi) is 3.21. The SMILES string of the molecule is CC(=O)c1ccc(OB(O)O)cc1F. The van der Waals surface area contributed by atoms with Gasteiger partial charge < -0.3 is 14.7 Å². The van der Waals surface area contributed by atoms with Gasteiger partial charge in [-0.1, -0.05) is 0 Å². The predicted molar refractivity (Wildman–Crippen MR) is 47.2 cm³/mol. The van der Waals surface area contributed by atoms with Crippen molar-refractivity contribution in [2.45, 2.75) is 6.92 Å². The number of hydrogen-bond acceptors (Lipinski definition) is 4. The summed E-state index contributed by atoms with van der Waals surface area (Å²) in [5.41, 5.74) is -0.0650. The van der Waals surface area contributed by atoms with Crippen molar-refractivity contribution in [3.8, 4) is 5.75 Å². The lowest BCUT2D eigenvalue weighted by molar-refractivity contribution is 0.101. The second kappa shape index (κ2) is 4.21. The standard InChI is InChI=1S/C8H8BFO4/c1-5(11)7-3-2-6(4-8(7)10)14-9(12)13/h2-4,12-13H,1H3. The van der Waals surface area contributed by atoms with Gasteiger partial charge in [0.15, 0.2) is 5.78 Å². The van der Waals surface area contributed by atoms with Gasteiger partial charge in [0.1, 0.15) is 11.6 Å². The van der Waals surface area contributed by atoms with E-state index in [1.807, 2.05) is 0 Å². The van der Waals surface area contributed by atoms with Gasteiger partial charge in [0.2, 0.25) is 0 Å². The molecule has 0 unspecified atom stereocenters. The zero-order valence-electron chi connectivity index (χ0n) is 7.40. The van der Waals surface area contributed by atoms with E-state index in [1.54, 1.807) is 0 Å². The summed E-state index contributed by atoms with van der Waals surface area (Å²) < 4.78 is 17.5. The van der Waals surface area contributed by atoms with Crippen molar-refractivity contribution in [1.29, 1.82) is 0 Å². The van der Waals surface area contributed by atoms with Crippen LogP contribution in [0.4, 0.5) is 4.39 Å². The molecule has 0 fully saturated rings. The summed E-state index contributed by atoms with van der Waals surface area (Å²) in [5.74, 6) is -1.21. The van der Waals surface area contributed by atoms with E-state index in [0.717, 1.165) is 6.07 Å². The fourth-order valence-electron chi connectivity index (χ4n) is 0.976. The van der Waals surface area contributed by atoms with Crippen LogP contribution in [0.2, 0.25) is 0 Å². The lowest BCUT2D eigenvalue weighted by atomic mass is 10.1. The van der Waals surface area contributed by atoms with E-state index >= 15 is 0 Å². The summed E-state index contributed by atoms with van der Waals surface area (Å²) in [5, 5.41) is 16.8. The van der Waals surface area contributed by atoms with Gasteiger partial charge in [-0.05, 0) is 19.1 Å². The highest BCUT2D eigenvalue weighted by Gasteiger charge is 2.13. The van der Waals surface area contributed by atoms with Crippen LogP contribution in [-0.4, -0.2) is 23.2 Å². The van der Waals surface area contributed by atoms with Gasteiger partial charge in [0.05, 0.1) is 5.56 Å². The quantitative estimate of drug-likeness (QED) is 0.544. The van der Waals surface area contributed by atoms with Crippen LogP contribution in [-0.2, 0) is 0 Å². The number of carbonyl (C=O) groups excluding carboxylic acids is 1.